The predicted octanol–water partition coefficient (Wildman–Crippen LogP) is 2.42. The lowest BCUT2D eigenvalue weighted by Gasteiger charge is -2.43. The summed E-state index contributed by atoms with van der Waals surface area (Å²) in [5, 5.41) is 11.1. The first-order valence-corrected chi connectivity index (χ1v) is 7.16. The van der Waals surface area contributed by atoms with Crippen molar-refractivity contribution in [1.29, 1.82) is 0 Å². The Morgan fingerprint density at radius 2 is 2.26 bits per heavy atom. The Labute approximate surface area is 114 Å². The molecule has 1 aromatic rings. The maximum Gasteiger partial charge on any atom is 0.119 e. The molecule has 0 amide bonds. The summed E-state index contributed by atoms with van der Waals surface area (Å²) >= 11 is 0. The zero-order valence-electron chi connectivity index (χ0n) is 11.6. The predicted molar refractivity (Wildman–Crippen MR) is 75.0 cm³/mol. The molecule has 3 atom stereocenters. The molecule has 3 N–H and O–H groups in total. The van der Waals surface area contributed by atoms with Crippen molar-refractivity contribution in [2.45, 2.75) is 37.7 Å². The van der Waals surface area contributed by atoms with Crippen molar-refractivity contribution in [3.8, 4) is 5.75 Å². The number of hydrogen-bond acceptors (Lipinski definition) is 3. The lowest BCUT2D eigenvalue weighted by Crippen LogP contribution is -2.42. The van der Waals surface area contributed by atoms with Crippen molar-refractivity contribution in [3.05, 3.63) is 29.8 Å². The summed E-state index contributed by atoms with van der Waals surface area (Å²) in [6.45, 7) is 0.690. The minimum Gasteiger partial charge on any atom is -0.497 e. The van der Waals surface area contributed by atoms with Gasteiger partial charge in [0.1, 0.15) is 5.75 Å². The van der Waals surface area contributed by atoms with Crippen LogP contribution < -0.4 is 10.5 Å². The van der Waals surface area contributed by atoms with Crippen LogP contribution in [0.3, 0.4) is 0 Å². The second-order valence-electron chi connectivity index (χ2n) is 6.46. The fourth-order valence-corrected chi connectivity index (χ4v) is 4.22. The molecule has 3 nitrogen and oxygen atoms in total. The van der Waals surface area contributed by atoms with Gasteiger partial charge in [-0.2, -0.15) is 0 Å². The SMILES string of the molecule is COc1cccc(C2(O)CC3CCC(CN)(C3)C2)c1. The topological polar surface area (TPSA) is 55.5 Å². The van der Waals surface area contributed by atoms with Gasteiger partial charge in [-0.3, -0.25) is 0 Å². The minimum atomic E-state index is -0.729. The Balaban J connectivity index is 1.94. The molecule has 2 aliphatic carbocycles. The Kier molecular flexibility index (Phi) is 3.06. The van der Waals surface area contributed by atoms with Gasteiger partial charge in [-0.15, -0.1) is 0 Å². The molecular formula is C16H23NO2. The van der Waals surface area contributed by atoms with Crippen molar-refractivity contribution in [2.24, 2.45) is 17.1 Å². The van der Waals surface area contributed by atoms with Crippen molar-refractivity contribution in [2.75, 3.05) is 13.7 Å². The molecule has 3 unspecified atom stereocenters. The molecule has 0 aliphatic heterocycles. The van der Waals surface area contributed by atoms with Crippen LogP contribution in [0.5, 0.6) is 5.75 Å². The standard InChI is InChI=1S/C16H23NO2/c1-19-14-4-2-3-13(7-14)16(18)9-12-5-6-15(8-12,10-16)11-17/h2-4,7,12,18H,5-6,8-11,17H2,1H3. The van der Waals surface area contributed by atoms with E-state index < -0.39 is 5.60 Å². The highest BCUT2D eigenvalue weighted by Gasteiger charge is 2.51. The van der Waals surface area contributed by atoms with Gasteiger partial charge in [0.05, 0.1) is 12.7 Å². The number of ether oxygens (including phenoxy) is 1. The van der Waals surface area contributed by atoms with Gasteiger partial charge in [0.15, 0.2) is 0 Å². The molecule has 2 fully saturated rings. The molecule has 2 saturated carbocycles. The summed E-state index contributed by atoms with van der Waals surface area (Å²) < 4.78 is 5.28. The zero-order valence-corrected chi connectivity index (χ0v) is 11.6. The van der Waals surface area contributed by atoms with Crippen LogP contribution in [-0.4, -0.2) is 18.8 Å². The van der Waals surface area contributed by atoms with E-state index in [9.17, 15) is 5.11 Å². The van der Waals surface area contributed by atoms with E-state index in [-0.39, 0.29) is 5.41 Å². The van der Waals surface area contributed by atoms with Crippen LogP contribution >= 0.6 is 0 Å². The van der Waals surface area contributed by atoms with Crippen LogP contribution in [-0.2, 0) is 5.60 Å². The molecule has 3 heteroatoms. The lowest BCUT2D eigenvalue weighted by molar-refractivity contribution is -0.0522. The Hall–Kier alpha value is -1.06. The van der Waals surface area contributed by atoms with Crippen LogP contribution in [0.25, 0.3) is 0 Å². The van der Waals surface area contributed by atoms with Crippen LogP contribution in [0.15, 0.2) is 24.3 Å². The molecule has 3 rings (SSSR count). The van der Waals surface area contributed by atoms with Crippen molar-refractivity contribution in [1.82, 2.24) is 0 Å². The summed E-state index contributed by atoms with van der Waals surface area (Å²) in [5.41, 5.74) is 6.40. The maximum atomic E-state index is 11.1. The highest BCUT2D eigenvalue weighted by atomic mass is 16.5. The zero-order chi connectivity index (χ0) is 13.5. The molecule has 0 spiro atoms. The smallest absolute Gasteiger partial charge is 0.119 e. The van der Waals surface area contributed by atoms with E-state index in [0.29, 0.717) is 12.5 Å². The van der Waals surface area contributed by atoms with Gasteiger partial charge in [-0.1, -0.05) is 12.1 Å². The average Bonchev–Trinajstić information content (AvgIpc) is 2.75. The molecule has 0 radical (unpaired) electrons. The summed E-state index contributed by atoms with van der Waals surface area (Å²) in [6.07, 6.45) is 5.22. The number of benzene rings is 1. The van der Waals surface area contributed by atoms with Gasteiger partial charge in [0, 0.05) is 0 Å². The quantitative estimate of drug-likeness (QED) is 0.878. The maximum absolute atomic E-state index is 11.1. The molecule has 19 heavy (non-hydrogen) atoms. The van der Waals surface area contributed by atoms with E-state index in [1.807, 2.05) is 24.3 Å². The molecule has 1 aromatic carbocycles. The first-order valence-electron chi connectivity index (χ1n) is 7.16. The lowest BCUT2D eigenvalue weighted by atomic mass is 9.66. The molecule has 0 aromatic heterocycles. The van der Waals surface area contributed by atoms with E-state index in [0.717, 1.165) is 24.2 Å². The van der Waals surface area contributed by atoms with Crippen molar-refractivity contribution < 1.29 is 9.84 Å². The van der Waals surface area contributed by atoms with Gasteiger partial charge in [-0.05, 0) is 67.7 Å². The molecule has 104 valence electrons. The highest BCUT2D eigenvalue weighted by molar-refractivity contribution is 5.33. The fourth-order valence-electron chi connectivity index (χ4n) is 4.22. The highest BCUT2D eigenvalue weighted by Crippen LogP contribution is 2.57. The van der Waals surface area contributed by atoms with Gasteiger partial charge < -0.3 is 15.6 Å². The second-order valence-corrected chi connectivity index (χ2v) is 6.46. The molecule has 2 bridgehead atoms. The van der Waals surface area contributed by atoms with E-state index in [1.54, 1.807) is 7.11 Å². The molecule has 2 aliphatic rings. The number of rotatable bonds is 3. The monoisotopic (exact) mass is 261 g/mol. The number of aliphatic hydroxyl groups is 1. The summed E-state index contributed by atoms with van der Waals surface area (Å²) in [5.74, 6) is 1.43. The van der Waals surface area contributed by atoms with Crippen LogP contribution in [0.4, 0.5) is 0 Å². The molecule has 0 saturated heterocycles. The third-order valence-corrected chi connectivity index (χ3v) is 5.14. The van der Waals surface area contributed by atoms with Crippen LogP contribution in [0.1, 0.15) is 37.7 Å². The van der Waals surface area contributed by atoms with Crippen LogP contribution in [0.2, 0.25) is 0 Å². The third-order valence-electron chi connectivity index (χ3n) is 5.14. The van der Waals surface area contributed by atoms with Crippen molar-refractivity contribution >= 4 is 0 Å². The summed E-state index contributed by atoms with van der Waals surface area (Å²) in [4.78, 5) is 0. The summed E-state index contributed by atoms with van der Waals surface area (Å²) in [7, 11) is 1.66. The van der Waals surface area contributed by atoms with Gasteiger partial charge in [0.2, 0.25) is 0 Å². The summed E-state index contributed by atoms with van der Waals surface area (Å²) in [6, 6.07) is 7.85. The number of methoxy groups -OCH3 is 1. The first-order chi connectivity index (χ1) is 9.09. The fraction of sp³-hybridized carbons (Fsp3) is 0.625. The van der Waals surface area contributed by atoms with E-state index in [1.165, 1.54) is 19.3 Å². The van der Waals surface area contributed by atoms with E-state index >= 15 is 0 Å². The van der Waals surface area contributed by atoms with Gasteiger partial charge >= 0.3 is 0 Å². The van der Waals surface area contributed by atoms with Gasteiger partial charge in [0.25, 0.3) is 0 Å². The number of fused-ring (bicyclic) bond motifs is 2. The van der Waals surface area contributed by atoms with Gasteiger partial charge in [-0.25, -0.2) is 0 Å². The first kappa shape index (κ1) is 12.9. The normalized spacial score (nSPS) is 37.3. The number of nitrogens with two attached hydrogens (primary N) is 1. The minimum absolute atomic E-state index is 0.154. The average molecular weight is 261 g/mol. The Bertz CT molecular complexity index is 476. The molecule has 0 heterocycles. The molecular weight excluding hydrogens is 238 g/mol. The van der Waals surface area contributed by atoms with E-state index in [2.05, 4.69) is 0 Å². The van der Waals surface area contributed by atoms with Crippen LogP contribution in [0, 0.1) is 11.3 Å². The largest absolute Gasteiger partial charge is 0.497 e. The van der Waals surface area contributed by atoms with E-state index in [4.69, 9.17) is 10.5 Å². The Morgan fingerprint density at radius 1 is 1.42 bits per heavy atom. The number of hydrogen-bond donors (Lipinski definition) is 2. The third kappa shape index (κ3) is 2.15. The second kappa shape index (κ2) is 4.50. The van der Waals surface area contributed by atoms with Crippen molar-refractivity contribution in [3.63, 3.8) is 0 Å². The Morgan fingerprint density at radius 3 is 3.00 bits per heavy atom.